The third kappa shape index (κ3) is 5.14. The third-order valence-corrected chi connectivity index (χ3v) is 10.7. The van der Waals surface area contributed by atoms with Gasteiger partial charge in [0.05, 0.1) is 15.9 Å². The van der Waals surface area contributed by atoms with E-state index in [0.717, 1.165) is 50.0 Å². The van der Waals surface area contributed by atoms with Crippen LogP contribution in [0.15, 0.2) is 170 Å². The predicted octanol–water partition coefficient (Wildman–Crippen LogP) is 12.3. The highest BCUT2D eigenvalue weighted by Gasteiger charge is 2.18. The van der Waals surface area contributed by atoms with E-state index in [1.165, 1.54) is 30.9 Å². The van der Waals surface area contributed by atoms with Crippen LogP contribution >= 0.6 is 11.3 Å². The lowest BCUT2D eigenvalue weighted by atomic mass is 9.97. The Labute approximate surface area is 298 Å². The number of rotatable bonds is 5. The molecule has 0 atom stereocenters. The molecular weight excluding hydrogens is 641 g/mol. The molecule has 238 valence electrons. The summed E-state index contributed by atoms with van der Waals surface area (Å²) in [6, 6.07) is 59.1. The zero-order chi connectivity index (χ0) is 33.7. The van der Waals surface area contributed by atoms with E-state index in [1.807, 2.05) is 72.0 Å². The maximum absolute atomic E-state index is 5.36. The minimum Gasteiger partial charge on any atom is -0.246 e. The van der Waals surface area contributed by atoms with Gasteiger partial charge in [-0.25, -0.2) is 19.9 Å². The second-order valence-corrected chi connectivity index (χ2v) is 13.7. The molecule has 0 spiro atoms. The number of benzene rings is 7. The number of pyridine rings is 1. The van der Waals surface area contributed by atoms with E-state index in [-0.39, 0.29) is 0 Å². The minimum atomic E-state index is 0.643. The van der Waals surface area contributed by atoms with Crippen molar-refractivity contribution in [3.05, 3.63) is 170 Å². The molecule has 10 aromatic rings. The molecule has 0 saturated carbocycles. The van der Waals surface area contributed by atoms with E-state index in [4.69, 9.17) is 19.9 Å². The zero-order valence-corrected chi connectivity index (χ0v) is 28.2. The first-order chi connectivity index (χ1) is 25.3. The standard InChI is InChI=1S/C46H28N4S/c1-3-13-31(14-4-1)44-48-45(32-15-5-2-6-16-32)50-46(49-44)33-24-22-29(23-25-33)34-26-27-39-38(28-34)41-37-19-9-10-21-40(37)51-43(41)42(47-39)36-20-11-17-30-12-7-8-18-35(30)36/h1-28H. The number of aromatic nitrogens is 4. The van der Waals surface area contributed by atoms with Gasteiger partial charge in [-0.3, -0.25) is 0 Å². The Morgan fingerprint density at radius 2 is 0.922 bits per heavy atom. The summed E-state index contributed by atoms with van der Waals surface area (Å²) in [5.74, 6) is 1.95. The molecule has 51 heavy (non-hydrogen) atoms. The summed E-state index contributed by atoms with van der Waals surface area (Å²) in [6.07, 6.45) is 0. The predicted molar refractivity (Wildman–Crippen MR) is 213 cm³/mol. The maximum Gasteiger partial charge on any atom is 0.164 e. The number of thiophene rings is 1. The van der Waals surface area contributed by atoms with Crippen molar-refractivity contribution >= 4 is 53.2 Å². The molecule has 7 aromatic carbocycles. The van der Waals surface area contributed by atoms with Crippen molar-refractivity contribution in [3.63, 3.8) is 0 Å². The molecule has 4 nitrogen and oxygen atoms in total. The molecule has 3 heterocycles. The van der Waals surface area contributed by atoms with Crippen LogP contribution in [0.4, 0.5) is 0 Å². The molecule has 0 aliphatic heterocycles. The van der Waals surface area contributed by atoms with Crippen molar-refractivity contribution in [3.8, 4) is 56.5 Å². The van der Waals surface area contributed by atoms with Crippen molar-refractivity contribution in [2.45, 2.75) is 0 Å². The summed E-state index contributed by atoms with van der Waals surface area (Å²) in [5, 5.41) is 6.11. The summed E-state index contributed by atoms with van der Waals surface area (Å²) in [6.45, 7) is 0. The second-order valence-electron chi connectivity index (χ2n) is 12.6. The lowest BCUT2D eigenvalue weighted by Gasteiger charge is -2.12. The van der Waals surface area contributed by atoms with E-state index in [0.29, 0.717) is 17.5 Å². The Morgan fingerprint density at radius 1 is 0.373 bits per heavy atom. The van der Waals surface area contributed by atoms with Crippen molar-refractivity contribution in [1.82, 2.24) is 19.9 Å². The highest BCUT2D eigenvalue weighted by atomic mass is 32.1. The largest absolute Gasteiger partial charge is 0.246 e. The first-order valence-electron chi connectivity index (χ1n) is 17.0. The molecule has 0 fully saturated rings. The summed E-state index contributed by atoms with van der Waals surface area (Å²) < 4.78 is 2.48. The molecule has 0 radical (unpaired) electrons. The van der Waals surface area contributed by atoms with E-state index < -0.39 is 0 Å². The minimum absolute atomic E-state index is 0.643. The van der Waals surface area contributed by atoms with Crippen molar-refractivity contribution in [1.29, 1.82) is 0 Å². The smallest absolute Gasteiger partial charge is 0.164 e. The molecule has 0 bridgehead atoms. The van der Waals surface area contributed by atoms with E-state index in [1.54, 1.807) is 0 Å². The van der Waals surface area contributed by atoms with Gasteiger partial charge < -0.3 is 0 Å². The molecule has 0 unspecified atom stereocenters. The summed E-state index contributed by atoms with van der Waals surface area (Å²) in [7, 11) is 0. The summed E-state index contributed by atoms with van der Waals surface area (Å²) in [4.78, 5) is 20.1. The van der Waals surface area contributed by atoms with Crippen molar-refractivity contribution in [2.75, 3.05) is 0 Å². The molecule has 0 amide bonds. The van der Waals surface area contributed by atoms with E-state index in [2.05, 4.69) is 109 Å². The van der Waals surface area contributed by atoms with Gasteiger partial charge in [0.2, 0.25) is 0 Å². The fourth-order valence-electron chi connectivity index (χ4n) is 7.03. The van der Waals surface area contributed by atoms with Crippen LogP contribution in [-0.2, 0) is 0 Å². The molecule has 0 aliphatic rings. The molecule has 0 saturated heterocycles. The fourth-order valence-corrected chi connectivity index (χ4v) is 8.25. The number of fused-ring (bicyclic) bond motifs is 6. The van der Waals surface area contributed by atoms with Crippen molar-refractivity contribution < 1.29 is 0 Å². The Hall–Kier alpha value is -6.56. The first kappa shape index (κ1) is 29.4. The summed E-state index contributed by atoms with van der Waals surface area (Å²) in [5.41, 5.74) is 8.28. The fraction of sp³-hybridized carbons (Fsp3) is 0. The van der Waals surface area contributed by atoms with Gasteiger partial charge in [-0.1, -0.05) is 152 Å². The van der Waals surface area contributed by atoms with Crippen LogP contribution in [0.3, 0.4) is 0 Å². The highest BCUT2D eigenvalue weighted by Crippen LogP contribution is 2.44. The molecular formula is C46H28N4S. The van der Waals surface area contributed by atoms with Crippen LogP contribution in [0, 0.1) is 0 Å². The van der Waals surface area contributed by atoms with Gasteiger partial charge in [-0.2, -0.15) is 0 Å². The molecule has 10 rings (SSSR count). The Kier molecular flexibility index (Phi) is 6.96. The van der Waals surface area contributed by atoms with Gasteiger partial charge >= 0.3 is 0 Å². The van der Waals surface area contributed by atoms with Gasteiger partial charge in [0, 0.05) is 43.1 Å². The maximum atomic E-state index is 5.36. The van der Waals surface area contributed by atoms with Gasteiger partial charge in [0.1, 0.15) is 0 Å². The van der Waals surface area contributed by atoms with Crippen LogP contribution in [-0.4, -0.2) is 19.9 Å². The quantitative estimate of drug-likeness (QED) is 0.183. The molecule has 0 N–H and O–H groups in total. The lowest BCUT2D eigenvalue weighted by molar-refractivity contribution is 1.07. The molecule has 3 aromatic heterocycles. The monoisotopic (exact) mass is 668 g/mol. The zero-order valence-electron chi connectivity index (χ0n) is 27.4. The first-order valence-corrected chi connectivity index (χ1v) is 17.8. The van der Waals surface area contributed by atoms with Gasteiger partial charge in [0.15, 0.2) is 17.5 Å². The molecule has 0 aliphatic carbocycles. The summed E-state index contributed by atoms with van der Waals surface area (Å²) >= 11 is 1.83. The average molecular weight is 669 g/mol. The van der Waals surface area contributed by atoms with Crippen LogP contribution in [0.1, 0.15) is 0 Å². The Bertz CT molecular complexity index is 2840. The van der Waals surface area contributed by atoms with Gasteiger partial charge in [0.25, 0.3) is 0 Å². The van der Waals surface area contributed by atoms with E-state index >= 15 is 0 Å². The normalized spacial score (nSPS) is 11.5. The SMILES string of the molecule is c1ccc(-c2nc(-c3ccccc3)nc(-c3ccc(-c4ccc5nc(-c6cccc7ccccc67)c6sc7ccccc7c6c5c4)cc3)n2)cc1. The van der Waals surface area contributed by atoms with Crippen molar-refractivity contribution in [2.24, 2.45) is 0 Å². The Balaban J connectivity index is 1.10. The molecule has 5 heteroatoms. The van der Waals surface area contributed by atoms with Crippen LogP contribution in [0.25, 0.3) is 98.4 Å². The number of nitrogens with zero attached hydrogens (tertiary/aromatic N) is 4. The Morgan fingerprint density at radius 3 is 1.63 bits per heavy atom. The average Bonchev–Trinajstić information content (AvgIpc) is 3.61. The van der Waals surface area contributed by atoms with Crippen LogP contribution in [0.2, 0.25) is 0 Å². The topological polar surface area (TPSA) is 51.6 Å². The lowest BCUT2D eigenvalue weighted by Crippen LogP contribution is -2.00. The van der Waals surface area contributed by atoms with Gasteiger partial charge in [-0.05, 0) is 40.1 Å². The second kappa shape index (κ2) is 12.1. The van der Waals surface area contributed by atoms with Gasteiger partial charge in [-0.15, -0.1) is 11.3 Å². The van der Waals surface area contributed by atoms with Crippen LogP contribution < -0.4 is 0 Å². The highest BCUT2D eigenvalue weighted by molar-refractivity contribution is 7.26. The van der Waals surface area contributed by atoms with Crippen LogP contribution in [0.5, 0.6) is 0 Å². The number of hydrogen-bond acceptors (Lipinski definition) is 5. The van der Waals surface area contributed by atoms with E-state index in [9.17, 15) is 0 Å². The number of hydrogen-bond donors (Lipinski definition) is 0. The third-order valence-electron chi connectivity index (χ3n) is 9.53.